The first-order valence-corrected chi connectivity index (χ1v) is 10.9. The molecule has 2 amide bonds. The van der Waals surface area contributed by atoms with Crippen LogP contribution < -0.4 is 10.2 Å². The average molecular weight is 487 g/mol. The minimum Gasteiger partial charge on any atom is -0.367 e. The molecular weight excluding hydrogens is 466 g/mol. The van der Waals surface area contributed by atoms with Gasteiger partial charge in [-0.25, -0.2) is 0 Å². The normalized spacial score (nSPS) is 14.1. The molecule has 1 heterocycles. The van der Waals surface area contributed by atoms with Crippen molar-refractivity contribution in [1.29, 1.82) is 0 Å². The summed E-state index contributed by atoms with van der Waals surface area (Å²) in [4.78, 5) is 28.4. The Hall–Kier alpha value is -2.57. The van der Waals surface area contributed by atoms with E-state index >= 15 is 0 Å². The molecule has 0 saturated carbocycles. The van der Waals surface area contributed by atoms with Gasteiger partial charge in [-0.05, 0) is 41.1 Å². The molecule has 0 radical (unpaired) electrons. The van der Waals surface area contributed by atoms with Crippen molar-refractivity contribution in [1.82, 2.24) is 4.90 Å². The molecule has 3 aromatic rings. The van der Waals surface area contributed by atoms with Crippen LogP contribution in [0.25, 0.3) is 10.8 Å². The van der Waals surface area contributed by atoms with E-state index in [4.69, 9.17) is 11.6 Å². The van der Waals surface area contributed by atoms with Gasteiger partial charge in [0.25, 0.3) is 5.91 Å². The van der Waals surface area contributed by atoms with E-state index in [2.05, 4.69) is 26.1 Å². The lowest BCUT2D eigenvalue weighted by atomic mass is 10.0. The molecule has 3 aromatic carbocycles. The third kappa shape index (κ3) is 4.16. The van der Waals surface area contributed by atoms with Crippen LogP contribution in [0.15, 0.2) is 59.1 Å². The fourth-order valence-corrected chi connectivity index (χ4v) is 4.57. The zero-order chi connectivity index (χ0) is 21.3. The molecule has 154 valence electrons. The maximum absolute atomic E-state index is 12.9. The number of rotatable bonds is 3. The maximum atomic E-state index is 12.9. The van der Waals surface area contributed by atoms with Crippen LogP contribution in [0.2, 0.25) is 5.02 Å². The lowest BCUT2D eigenvalue weighted by Gasteiger charge is -2.36. The molecule has 1 N–H and O–H groups in total. The van der Waals surface area contributed by atoms with Crippen LogP contribution in [-0.4, -0.2) is 42.9 Å². The molecule has 1 fully saturated rings. The molecule has 0 atom stereocenters. The number of benzene rings is 3. The van der Waals surface area contributed by atoms with Crippen LogP contribution in [0.4, 0.5) is 11.4 Å². The number of anilines is 2. The van der Waals surface area contributed by atoms with Gasteiger partial charge in [0.05, 0.1) is 10.7 Å². The Balaban J connectivity index is 1.51. The van der Waals surface area contributed by atoms with E-state index in [1.54, 1.807) is 13.0 Å². The number of carbonyl (C=O) groups is 2. The van der Waals surface area contributed by atoms with E-state index in [9.17, 15) is 9.59 Å². The van der Waals surface area contributed by atoms with Gasteiger partial charge in [-0.15, -0.1) is 0 Å². The Bertz CT molecular complexity index is 1130. The predicted octanol–water partition coefficient (Wildman–Crippen LogP) is 5.18. The van der Waals surface area contributed by atoms with E-state index in [1.807, 2.05) is 53.4 Å². The molecule has 7 heteroatoms. The topological polar surface area (TPSA) is 52.7 Å². The zero-order valence-corrected chi connectivity index (χ0v) is 18.8. The summed E-state index contributed by atoms with van der Waals surface area (Å²) in [5.74, 6) is -0.0862. The van der Waals surface area contributed by atoms with Crippen LogP contribution in [0, 0.1) is 0 Å². The van der Waals surface area contributed by atoms with Crippen molar-refractivity contribution in [3.8, 4) is 0 Å². The predicted molar refractivity (Wildman–Crippen MR) is 126 cm³/mol. The second-order valence-electron chi connectivity index (χ2n) is 7.25. The lowest BCUT2D eigenvalue weighted by Crippen LogP contribution is -2.48. The van der Waals surface area contributed by atoms with Crippen LogP contribution in [-0.2, 0) is 4.79 Å². The second-order valence-corrected chi connectivity index (χ2v) is 8.52. The second kappa shape index (κ2) is 8.66. The fourth-order valence-electron chi connectivity index (χ4n) is 3.77. The van der Waals surface area contributed by atoms with Gasteiger partial charge in [0.1, 0.15) is 0 Å². The van der Waals surface area contributed by atoms with Crippen molar-refractivity contribution in [2.45, 2.75) is 6.92 Å². The SMILES string of the molecule is CC(=O)N1CCN(c2ccc(NC(=O)c3cccc4c(Br)cccc34)cc2Cl)CC1. The standard InChI is InChI=1S/C23H21BrClN3O2/c1-15(29)27-10-12-28(13-11-27)22-9-8-16(14-21(22)25)26-23(30)19-6-2-5-18-17(19)4-3-7-20(18)24/h2-9,14H,10-13H2,1H3,(H,26,30). The fraction of sp³-hybridized carbons (Fsp3) is 0.217. The number of piperazine rings is 1. The Morgan fingerprint density at radius 3 is 2.37 bits per heavy atom. The highest BCUT2D eigenvalue weighted by molar-refractivity contribution is 9.10. The van der Waals surface area contributed by atoms with E-state index in [0.717, 1.165) is 34.0 Å². The van der Waals surface area contributed by atoms with Gasteiger partial charge in [0, 0.05) is 48.8 Å². The monoisotopic (exact) mass is 485 g/mol. The van der Waals surface area contributed by atoms with Crippen molar-refractivity contribution in [2.24, 2.45) is 0 Å². The summed E-state index contributed by atoms with van der Waals surface area (Å²) in [5.41, 5.74) is 2.16. The zero-order valence-electron chi connectivity index (χ0n) is 16.5. The van der Waals surface area contributed by atoms with Gasteiger partial charge < -0.3 is 15.1 Å². The van der Waals surface area contributed by atoms with E-state index in [-0.39, 0.29) is 11.8 Å². The smallest absolute Gasteiger partial charge is 0.256 e. The molecule has 1 aliphatic heterocycles. The molecular formula is C23H21BrClN3O2. The largest absolute Gasteiger partial charge is 0.367 e. The molecule has 1 saturated heterocycles. The van der Waals surface area contributed by atoms with Crippen LogP contribution in [0.1, 0.15) is 17.3 Å². The first kappa shape index (κ1) is 20.7. The number of hydrogen-bond acceptors (Lipinski definition) is 3. The molecule has 30 heavy (non-hydrogen) atoms. The summed E-state index contributed by atoms with van der Waals surface area (Å²) in [5, 5.41) is 5.40. The summed E-state index contributed by atoms with van der Waals surface area (Å²) in [6.45, 7) is 4.42. The van der Waals surface area contributed by atoms with Crippen LogP contribution >= 0.6 is 27.5 Å². The number of carbonyl (C=O) groups excluding carboxylic acids is 2. The summed E-state index contributed by atoms with van der Waals surface area (Å²) in [7, 11) is 0. The number of halogens is 2. The first-order valence-electron chi connectivity index (χ1n) is 9.72. The molecule has 0 spiro atoms. The molecule has 0 aromatic heterocycles. The molecule has 0 unspecified atom stereocenters. The summed E-state index contributed by atoms with van der Waals surface area (Å²) < 4.78 is 0.951. The summed E-state index contributed by atoms with van der Waals surface area (Å²) in [6, 6.07) is 17.0. The Kier molecular flexibility index (Phi) is 5.97. The van der Waals surface area contributed by atoms with E-state index in [0.29, 0.717) is 29.4 Å². The highest BCUT2D eigenvalue weighted by Crippen LogP contribution is 2.31. The van der Waals surface area contributed by atoms with Crippen LogP contribution in [0.5, 0.6) is 0 Å². The van der Waals surface area contributed by atoms with Crippen molar-refractivity contribution in [3.63, 3.8) is 0 Å². The minimum absolute atomic E-state index is 0.0965. The van der Waals surface area contributed by atoms with E-state index < -0.39 is 0 Å². The Labute approximate surface area is 188 Å². The maximum Gasteiger partial charge on any atom is 0.256 e. The minimum atomic E-state index is -0.183. The van der Waals surface area contributed by atoms with Crippen molar-refractivity contribution >= 4 is 61.5 Å². The van der Waals surface area contributed by atoms with Crippen LogP contribution in [0.3, 0.4) is 0 Å². The number of amides is 2. The van der Waals surface area contributed by atoms with Gasteiger partial charge in [-0.2, -0.15) is 0 Å². The Morgan fingerprint density at radius 2 is 1.67 bits per heavy atom. The van der Waals surface area contributed by atoms with Gasteiger partial charge in [0.2, 0.25) is 5.91 Å². The highest BCUT2D eigenvalue weighted by atomic mass is 79.9. The van der Waals surface area contributed by atoms with E-state index in [1.165, 1.54) is 0 Å². The molecule has 5 nitrogen and oxygen atoms in total. The molecule has 0 aliphatic carbocycles. The van der Waals surface area contributed by atoms with Crippen molar-refractivity contribution < 1.29 is 9.59 Å². The number of nitrogens with one attached hydrogen (secondary N) is 1. The van der Waals surface area contributed by atoms with Gasteiger partial charge in [-0.3, -0.25) is 9.59 Å². The first-order chi connectivity index (χ1) is 14.4. The molecule has 0 bridgehead atoms. The van der Waals surface area contributed by atoms with Crippen molar-refractivity contribution in [3.05, 3.63) is 69.7 Å². The number of nitrogens with zero attached hydrogens (tertiary/aromatic N) is 2. The van der Waals surface area contributed by atoms with Crippen molar-refractivity contribution in [2.75, 3.05) is 36.4 Å². The summed E-state index contributed by atoms with van der Waals surface area (Å²) in [6.07, 6.45) is 0. The molecule has 1 aliphatic rings. The highest BCUT2D eigenvalue weighted by Gasteiger charge is 2.20. The number of hydrogen-bond donors (Lipinski definition) is 1. The third-order valence-electron chi connectivity index (χ3n) is 5.38. The van der Waals surface area contributed by atoms with Gasteiger partial charge >= 0.3 is 0 Å². The van der Waals surface area contributed by atoms with Gasteiger partial charge in [-0.1, -0.05) is 51.8 Å². The summed E-state index contributed by atoms with van der Waals surface area (Å²) >= 11 is 10.1. The third-order valence-corrected chi connectivity index (χ3v) is 6.38. The lowest BCUT2D eigenvalue weighted by molar-refractivity contribution is -0.129. The quantitative estimate of drug-likeness (QED) is 0.555. The van der Waals surface area contributed by atoms with Gasteiger partial charge in [0.15, 0.2) is 0 Å². The Morgan fingerprint density at radius 1 is 0.967 bits per heavy atom. The molecule has 4 rings (SSSR count). The average Bonchev–Trinajstić information content (AvgIpc) is 2.74. The number of fused-ring (bicyclic) bond motifs is 1.